The lowest BCUT2D eigenvalue weighted by Crippen LogP contribution is -2.49. The van der Waals surface area contributed by atoms with E-state index in [9.17, 15) is 4.79 Å². The van der Waals surface area contributed by atoms with E-state index in [4.69, 9.17) is 5.73 Å². The van der Waals surface area contributed by atoms with Crippen molar-refractivity contribution in [2.24, 2.45) is 5.73 Å². The van der Waals surface area contributed by atoms with Crippen LogP contribution in [0.4, 0.5) is 0 Å². The highest BCUT2D eigenvalue weighted by Crippen LogP contribution is 2.15. The van der Waals surface area contributed by atoms with Crippen molar-refractivity contribution in [2.75, 3.05) is 26.2 Å². The molecule has 1 fully saturated rings. The number of rotatable bonds is 4. The normalized spacial score (nSPS) is 16.0. The van der Waals surface area contributed by atoms with Gasteiger partial charge in [-0.2, -0.15) is 0 Å². The molecule has 2 rings (SSSR count). The second-order valence-corrected chi connectivity index (χ2v) is 6.50. The highest BCUT2D eigenvalue weighted by atomic mass is 35.5. The zero-order valence-electron chi connectivity index (χ0n) is 12.9. The average molecular weight is 392 g/mol. The third-order valence-corrected chi connectivity index (χ3v) is 4.17. The van der Waals surface area contributed by atoms with Crippen LogP contribution in [-0.4, -0.2) is 52.9 Å². The van der Waals surface area contributed by atoms with Crippen LogP contribution in [0.2, 0.25) is 0 Å². The first-order valence-corrected chi connectivity index (χ1v) is 7.53. The Labute approximate surface area is 154 Å². The molecule has 1 aromatic rings. The highest BCUT2D eigenvalue weighted by molar-refractivity contribution is 7.11. The summed E-state index contributed by atoms with van der Waals surface area (Å²) in [5, 5.41) is 1.11. The maximum Gasteiger partial charge on any atom is 0.224 e. The minimum Gasteiger partial charge on any atom is -0.340 e. The molecule has 9 heteroatoms. The number of hydrogen-bond donors (Lipinski definition) is 1. The van der Waals surface area contributed by atoms with Crippen LogP contribution in [0.1, 0.15) is 23.2 Å². The summed E-state index contributed by atoms with van der Waals surface area (Å²) < 4.78 is 0. The van der Waals surface area contributed by atoms with Crippen LogP contribution in [0, 0.1) is 6.92 Å². The lowest BCUT2D eigenvalue weighted by Gasteiger charge is -2.34. The third kappa shape index (κ3) is 7.44. The Morgan fingerprint density at radius 3 is 2.36 bits per heavy atom. The van der Waals surface area contributed by atoms with E-state index in [1.165, 1.54) is 4.88 Å². The van der Waals surface area contributed by atoms with Crippen LogP contribution in [0.5, 0.6) is 0 Å². The molecule has 0 aliphatic carbocycles. The van der Waals surface area contributed by atoms with Crippen LogP contribution in [-0.2, 0) is 11.3 Å². The van der Waals surface area contributed by atoms with Crippen LogP contribution < -0.4 is 5.73 Å². The number of aryl methyl sites for hydroxylation is 1. The number of hydrogen-bond acceptors (Lipinski definition) is 5. The van der Waals surface area contributed by atoms with E-state index in [1.54, 1.807) is 11.3 Å². The van der Waals surface area contributed by atoms with Gasteiger partial charge in [-0.25, -0.2) is 4.98 Å². The van der Waals surface area contributed by atoms with Crippen molar-refractivity contribution in [1.82, 2.24) is 14.8 Å². The van der Waals surface area contributed by atoms with Crippen molar-refractivity contribution >= 4 is 54.5 Å². The average Bonchev–Trinajstić information content (AvgIpc) is 2.75. The molecule has 22 heavy (non-hydrogen) atoms. The molecule has 2 heterocycles. The van der Waals surface area contributed by atoms with E-state index >= 15 is 0 Å². The van der Waals surface area contributed by atoms with Crippen LogP contribution in [0.15, 0.2) is 6.20 Å². The molecule has 1 aliphatic heterocycles. The SMILES string of the molecule is Cc1ncc(CN2CCN(C(=O)CC(C)N)CC2)s1.Cl.Cl.Cl. The highest BCUT2D eigenvalue weighted by Gasteiger charge is 2.21. The molecule has 0 saturated carbocycles. The predicted octanol–water partition coefficient (Wildman–Crippen LogP) is 2.10. The summed E-state index contributed by atoms with van der Waals surface area (Å²) in [5.74, 6) is 0.184. The maximum absolute atomic E-state index is 11.9. The van der Waals surface area contributed by atoms with Gasteiger partial charge in [0.2, 0.25) is 5.91 Å². The Balaban J connectivity index is 0. The second kappa shape index (κ2) is 11.4. The van der Waals surface area contributed by atoms with E-state index in [0.29, 0.717) is 6.42 Å². The number of nitrogens with two attached hydrogens (primary N) is 1. The largest absolute Gasteiger partial charge is 0.340 e. The first kappa shape index (κ1) is 24.1. The Bertz CT molecular complexity index is 437. The summed E-state index contributed by atoms with van der Waals surface area (Å²) in [6.45, 7) is 8.33. The molecule has 1 aliphatic rings. The van der Waals surface area contributed by atoms with Gasteiger partial charge in [-0.1, -0.05) is 0 Å². The summed E-state index contributed by atoms with van der Waals surface area (Å²) in [4.78, 5) is 21.8. The first-order chi connectivity index (χ1) is 9.04. The van der Waals surface area contributed by atoms with Gasteiger partial charge in [-0.3, -0.25) is 9.69 Å². The molecule has 0 bridgehead atoms. The minimum absolute atomic E-state index is 0. The summed E-state index contributed by atoms with van der Waals surface area (Å²) in [5.41, 5.74) is 5.67. The number of halogens is 3. The molecule has 0 spiro atoms. The fraction of sp³-hybridized carbons (Fsp3) is 0.692. The first-order valence-electron chi connectivity index (χ1n) is 6.71. The van der Waals surface area contributed by atoms with E-state index in [0.717, 1.165) is 37.7 Å². The molecular formula is C13H25Cl3N4OS. The fourth-order valence-corrected chi connectivity index (χ4v) is 3.10. The molecule has 5 nitrogen and oxygen atoms in total. The van der Waals surface area contributed by atoms with E-state index in [2.05, 4.69) is 9.88 Å². The Kier molecular flexibility index (Phi) is 12.5. The number of nitrogens with zero attached hydrogens (tertiary/aromatic N) is 3. The van der Waals surface area contributed by atoms with Crippen molar-refractivity contribution < 1.29 is 4.79 Å². The second-order valence-electron chi connectivity index (χ2n) is 5.18. The molecular weight excluding hydrogens is 367 g/mol. The number of amides is 1. The molecule has 1 saturated heterocycles. The zero-order chi connectivity index (χ0) is 13.8. The number of thiazole rings is 1. The summed E-state index contributed by atoms with van der Waals surface area (Å²) in [7, 11) is 0. The molecule has 0 radical (unpaired) electrons. The fourth-order valence-electron chi connectivity index (χ4n) is 2.26. The van der Waals surface area contributed by atoms with Gasteiger partial charge in [0.15, 0.2) is 0 Å². The van der Waals surface area contributed by atoms with Crippen molar-refractivity contribution in [2.45, 2.75) is 32.9 Å². The van der Waals surface area contributed by atoms with Crippen LogP contribution in [0.3, 0.4) is 0 Å². The smallest absolute Gasteiger partial charge is 0.224 e. The van der Waals surface area contributed by atoms with Gasteiger partial charge in [0.25, 0.3) is 0 Å². The van der Waals surface area contributed by atoms with E-state index in [-0.39, 0.29) is 49.2 Å². The van der Waals surface area contributed by atoms with Gasteiger partial charge in [0.05, 0.1) is 5.01 Å². The van der Waals surface area contributed by atoms with Gasteiger partial charge in [0.1, 0.15) is 0 Å². The molecule has 130 valence electrons. The zero-order valence-corrected chi connectivity index (χ0v) is 16.1. The molecule has 1 unspecified atom stereocenters. The molecule has 1 amide bonds. The Morgan fingerprint density at radius 2 is 1.91 bits per heavy atom. The molecule has 2 N–H and O–H groups in total. The standard InChI is InChI=1S/C13H22N4OS.3ClH/c1-10(14)7-13(18)17-5-3-16(4-6-17)9-12-8-15-11(2)19-12;;;/h8,10H,3-7,9,14H2,1-2H3;3*1H. The van der Waals surface area contributed by atoms with Crippen molar-refractivity contribution in [1.29, 1.82) is 0 Å². The number of aromatic nitrogens is 1. The summed E-state index contributed by atoms with van der Waals surface area (Å²) in [6.07, 6.45) is 2.40. The maximum atomic E-state index is 11.9. The minimum atomic E-state index is -0.0503. The number of piperazine rings is 1. The number of carbonyl (C=O) groups excluding carboxylic acids is 1. The van der Waals surface area contributed by atoms with Gasteiger partial charge < -0.3 is 10.6 Å². The van der Waals surface area contributed by atoms with Gasteiger partial charge in [0, 0.05) is 56.3 Å². The van der Waals surface area contributed by atoms with Crippen molar-refractivity contribution in [3.63, 3.8) is 0 Å². The summed E-state index contributed by atoms with van der Waals surface area (Å²) >= 11 is 1.75. The van der Waals surface area contributed by atoms with E-state index < -0.39 is 0 Å². The molecule has 0 aromatic carbocycles. The molecule has 1 aromatic heterocycles. The van der Waals surface area contributed by atoms with Gasteiger partial charge in [-0.05, 0) is 13.8 Å². The van der Waals surface area contributed by atoms with Crippen LogP contribution >= 0.6 is 48.6 Å². The lowest BCUT2D eigenvalue weighted by atomic mass is 10.2. The van der Waals surface area contributed by atoms with Crippen molar-refractivity contribution in [3.8, 4) is 0 Å². The topological polar surface area (TPSA) is 62.5 Å². The predicted molar refractivity (Wildman–Crippen MR) is 98.7 cm³/mol. The van der Waals surface area contributed by atoms with Crippen LogP contribution in [0.25, 0.3) is 0 Å². The Morgan fingerprint density at radius 1 is 1.32 bits per heavy atom. The van der Waals surface area contributed by atoms with E-state index in [1.807, 2.05) is 24.9 Å². The van der Waals surface area contributed by atoms with Gasteiger partial charge >= 0.3 is 0 Å². The molecule has 1 atom stereocenters. The monoisotopic (exact) mass is 390 g/mol. The van der Waals surface area contributed by atoms with Gasteiger partial charge in [-0.15, -0.1) is 48.6 Å². The lowest BCUT2D eigenvalue weighted by molar-refractivity contribution is -0.133. The summed E-state index contributed by atoms with van der Waals surface area (Å²) in [6, 6.07) is -0.0503. The van der Waals surface area contributed by atoms with Crippen molar-refractivity contribution in [3.05, 3.63) is 16.1 Å². The Hall–Kier alpha value is -0.110. The number of carbonyl (C=O) groups is 1. The quantitative estimate of drug-likeness (QED) is 0.853. The third-order valence-electron chi connectivity index (χ3n) is 3.27.